The number of hydrogen-bond acceptors (Lipinski definition) is 3. The van der Waals surface area contributed by atoms with Gasteiger partial charge in [0.25, 0.3) is 0 Å². The Labute approximate surface area is 132 Å². The van der Waals surface area contributed by atoms with Crippen LogP contribution in [0, 0.1) is 6.92 Å². The number of aliphatic hydroxyl groups excluding tert-OH is 2. The summed E-state index contributed by atoms with van der Waals surface area (Å²) in [7, 11) is 0. The molecule has 3 nitrogen and oxygen atoms in total. The standard InChI is InChI=1S/C19H25NO2/c1-16-7-5-6-10-18(16)19(22)15-20(13-14-21)12-11-17-8-3-2-4-9-17/h2-10,19,21-22H,11-15H2,1H3. The van der Waals surface area contributed by atoms with Gasteiger partial charge in [0.2, 0.25) is 0 Å². The van der Waals surface area contributed by atoms with Crippen LogP contribution in [0.1, 0.15) is 22.8 Å². The maximum Gasteiger partial charge on any atom is 0.0919 e. The van der Waals surface area contributed by atoms with Gasteiger partial charge in [0, 0.05) is 19.6 Å². The second-order valence-electron chi connectivity index (χ2n) is 5.63. The van der Waals surface area contributed by atoms with Crippen LogP contribution in [0.4, 0.5) is 0 Å². The highest BCUT2D eigenvalue weighted by Gasteiger charge is 2.14. The fourth-order valence-corrected chi connectivity index (χ4v) is 2.67. The molecular formula is C19H25NO2. The lowest BCUT2D eigenvalue weighted by Crippen LogP contribution is -2.33. The molecule has 0 saturated carbocycles. The first-order valence-corrected chi connectivity index (χ1v) is 7.81. The van der Waals surface area contributed by atoms with Crippen molar-refractivity contribution in [3.63, 3.8) is 0 Å². The van der Waals surface area contributed by atoms with E-state index in [-0.39, 0.29) is 6.61 Å². The van der Waals surface area contributed by atoms with Crippen LogP contribution >= 0.6 is 0 Å². The van der Waals surface area contributed by atoms with Gasteiger partial charge >= 0.3 is 0 Å². The fraction of sp³-hybridized carbons (Fsp3) is 0.368. The van der Waals surface area contributed by atoms with Crippen LogP contribution in [0.2, 0.25) is 0 Å². The first kappa shape index (κ1) is 16.7. The van der Waals surface area contributed by atoms with Gasteiger partial charge in [-0.1, -0.05) is 54.6 Å². The molecule has 22 heavy (non-hydrogen) atoms. The molecule has 2 rings (SSSR count). The lowest BCUT2D eigenvalue weighted by Gasteiger charge is -2.25. The first-order chi connectivity index (χ1) is 10.7. The molecule has 0 radical (unpaired) electrons. The van der Waals surface area contributed by atoms with Crippen LogP contribution in [-0.2, 0) is 6.42 Å². The van der Waals surface area contributed by atoms with E-state index in [1.807, 2.05) is 49.4 Å². The van der Waals surface area contributed by atoms with E-state index in [9.17, 15) is 10.2 Å². The van der Waals surface area contributed by atoms with Crippen molar-refractivity contribution in [3.8, 4) is 0 Å². The number of nitrogens with zero attached hydrogens (tertiary/aromatic N) is 1. The van der Waals surface area contributed by atoms with Crippen molar-refractivity contribution < 1.29 is 10.2 Å². The van der Waals surface area contributed by atoms with Gasteiger partial charge in [-0.25, -0.2) is 0 Å². The third kappa shape index (κ3) is 4.95. The molecule has 1 atom stereocenters. The monoisotopic (exact) mass is 299 g/mol. The summed E-state index contributed by atoms with van der Waals surface area (Å²) in [5.41, 5.74) is 3.34. The summed E-state index contributed by atoms with van der Waals surface area (Å²) in [5.74, 6) is 0. The molecule has 0 aliphatic heterocycles. The minimum absolute atomic E-state index is 0.106. The third-order valence-corrected chi connectivity index (χ3v) is 3.95. The van der Waals surface area contributed by atoms with Crippen molar-refractivity contribution in [2.75, 3.05) is 26.2 Å². The van der Waals surface area contributed by atoms with E-state index in [2.05, 4.69) is 17.0 Å². The summed E-state index contributed by atoms with van der Waals surface area (Å²) in [5, 5.41) is 19.7. The smallest absolute Gasteiger partial charge is 0.0919 e. The van der Waals surface area contributed by atoms with Crippen molar-refractivity contribution >= 4 is 0 Å². The van der Waals surface area contributed by atoms with Crippen molar-refractivity contribution in [2.45, 2.75) is 19.4 Å². The van der Waals surface area contributed by atoms with Gasteiger partial charge in [-0.3, -0.25) is 4.90 Å². The molecule has 0 saturated heterocycles. The Hall–Kier alpha value is -1.68. The Morgan fingerprint density at radius 3 is 2.32 bits per heavy atom. The third-order valence-electron chi connectivity index (χ3n) is 3.95. The maximum atomic E-state index is 10.5. The predicted molar refractivity (Wildman–Crippen MR) is 89.8 cm³/mol. The van der Waals surface area contributed by atoms with Gasteiger partial charge in [-0.2, -0.15) is 0 Å². The average Bonchev–Trinajstić information content (AvgIpc) is 2.54. The molecule has 1 unspecified atom stereocenters. The Kier molecular flexibility index (Phi) is 6.59. The highest BCUT2D eigenvalue weighted by Crippen LogP contribution is 2.18. The van der Waals surface area contributed by atoms with Crippen molar-refractivity contribution in [2.24, 2.45) is 0 Å². The topological polar surface area (TPSA) is 43.7 Å². The molecular weight excluding hydrogens is 274 g/mol. The second kappa shape index (κ2) is 8.69. The van der Waals surface area contributed by atoms with Crippen LogP contribution in [-0.4, -0.2) is 41.4 Å². The van der Waals surface area contributed by atoms with Gasteiger partial charge in [-0.15, -0.1) is 0 Å². The van der Waals surface area contributed by atoms with E-state index < -0.39 is 6.10 Å². The summed E-state index contributed by atoms with van der Waals surface area (Å²) in [4.78, 5) is 2.12. The fourth-order valence-electron chi connectivity index (χ4n) is 2.67. The largest absolute Gasteiger partial charge is 0.395 e. The van der Waals surface area contributed by atoms with Gasteiger partial charge in [0.1, 0.15) is 0 Å². The molecule has 118 valence electrons. The van der Waals surface area contributed by atoms with Crippen molar-refractivity contribution in [1.29, 1.82) is 0 Å². The number of aliphatic hydroxyl groups is 2. The number of benzene rings is 2. The zero-order valence-corrected chi connectivity index (χ0v) is 13.2. The van der Waals surface area contributed by atoms with E-state index in [1.165, 1.54) is 5.56 Å². The molecule has 0 amide bonds. The summed E-state index contributed by atoms with van der Waals surface area (Å²) in [6.45, 7) is 4.07. The molecule has 0 aliphatic rings. The highest BCUT2D eigenvalue weighted by molar-refractivity contribution is 5.27. The summed E-state index contributed by atoms with van der Waals surface area (Å²) in [6, 6.07) is 18.2. The van der Waals surface area contributed by atoms with Crippen molar-refractivity contribution in [1.82, 2.24) is 4.90 Å². The van der Waals surface area contributed by atoms with Crippen LogP contribution in [0.3, 0.4) is 0 Å². The second-order valence-corrected chi connectivity index (χ2v) is 5.63. The van der Waals surface area contributed by atoms with E-state index in [0.29, 0.717) is 13.1 Å². The highest BCUT2D eigenvalue weighted by atomic mass is 16.3. The average molecular weight is 299 g/mol. The molecule has 0 bridgehead atoms. The number of aryl methyl sites for hydroxylation is 1. The van der Waals surface area contributed by atoms with E-state index in [1.54, 1.807) is 0 Å². The van der Waals surface area contributed by atoms with Crippen molar-refractivity contribution in [3.05, 3.63) is 71.3 Å². The number of hydrogen-bond donors (Lipinski definition) is 2. The summed E-state index contributed by atoms with van der Waals surface area (Å²) >= 11 is 0. The quantitative estimate of drug-likeness (QED) is 0.787. The van der Waals surface area contributed by atoms with Gasteiger partial charge < -0.3 is 10.2 Å². The van der Waals surface area contributed by atoms with E-state index in [4.69, 9.17) is 0 Å². The van der Waals surface area contributed by atoms with Gasteiger partial charge in [-0.05, 0) is 30.0 Å². The minimum Gasteiger partial charge on any atom is -0.395 e. The van der Waals surface area contributed by atoms with Crippen LogP contribution in [0.5, 0.6) is 0 Å². The SMILES string of the molecule is Cc1ccccc1C(O)CN(CCO)CCc1ccccc1. The zero-order valence-electron chi connectivity index (χ0n) is 13.2. The molecule has 3 heteroatoms. The van der Waals surface area contributed by atoms with E-state index >= 15 is 0 Å². The molecule has 2 N–H and O–H groups in total. The molecule has 2 aromatic rings. The lowest BCUT2D eigenvalue weighted by atomic mass is 10.0. The maximum absolute atomic E-state index is 10.5. The lowest BCUT2D eigenvalue weighted by molar-refractivity contribution is 0.100. The zero-order chi connectivity index (χ0) is 15.8. The number of rotatable bonds is 8. The predicted octanol–water partition coefficient (Wildman–Crippen LogP) is 2.57. The molecule has 0 aliphatic carbocycles. The Morgan fingerprint density at radius 2 is 1.64 bits per heavy atom. The minimum atomic E-state index is -0.525. The Bertz CT molecular complexity index is 556. The Balaban J connectivity index is 1.95. The molecule has 0 aromatic heterocycles. The first-order valence-electron chi connectivity index (χ1n) is 7.81. The molecule has 2 aromatic carbocycles. The van der Waals surface area contributed by atoms with E-state index in [0.717, 1.165) is 24.1 Å². The van der Waals surface area contributed by atoms with Gasteiger partial charge in [0.15, 0.2) is 0 Å². The molecule has 0 heterocycles. The summed E-state index contributed by atoms with van der Waals surface area (Å²) < 4.78 is 0. The van der Waals surface area contributed by atoms with Gasteiger partial charge in [0.05, 0.1) is 12.7 Å². The normalized spacial score (nSPS) is 12.5. The molecule has 0 spiro atoms. The summed E-state index contributed by atoms with van der Waals surface area (Å²) in [6.07, 6.45) is 0.393. The van der Waals surface area contributed by atoms with Crippen LogP contribution in [0.15, 0.2) is 54.6 Å². The Morgan fingerprint density at radius 1 is 0.955 bits per heavy atom. The van der Waals surface area contributed by atoms with Crippen LogP contribution < -0.4 is 0 Å². The van der Waals surface area contributed by atoms with Crippen LogP contribution in [0.25, 0.3) is 0 Å². The molecule has 0 fully saturated rings.